The molecule has 0 amide bonds. The summed E-state index contributed by atoms with van der Waals surface area (Å²) in [6.07, 6.45) is 4.87. The van der Waals surface area contributed by atoms with Gasteiger partial charge in [-0.15, -0.1) is 0 Å². The Kier molecular flexibility index (Phi) is 7.62. The van der Waals surface area contributed by atoms with Crippen LogP contribution in [0.25, 0.3) is 6.08 Å². The highest BCUT2D eigenvalue weighted by atomic mass is 16.3. The molecule has 0 bridgehead atoms. The van der Waals surface area contributed by atoms with Crippen LogP contribution in [0.15, 0.2) is 66.2 Å². The Morgan fingerprint density at radius 2 is 1.62 bits per heavy atom. The first kappa shape index (κ1) is 20.4. The van der Waals surface area contributed by atoms with Crippen molar-refractivity contribution < 1.29 is 5.11 Å². The van der Waals surface area contributed by atoms with Gasteiger partial charge in [-0.3, -0.25) is 0 Å². The monoisotopic (exact) mass is 351 g/mol. The lowest BCUT2D eigenvalue weighted by atomic mass is 9.77. The van der Waals surface area contributed by atoms with Gasteiger partial charge in [0.1, 0.15) is 0 Å². The van der Waals surface area contributed by atoms with Crippen LogP contribution in [0.2, 0.25) is 0 Å². The second-order valence-electron chi connectivity index (χ2n) is 7.66. The molecule has 0 saturated carbocycles. The molecular weight excluding hydrogens is 318 g/mol. The highest BCUT2D eigenvalue weighted by Gasteiger charge is 2.35. The summed E-state index contributed by atoms with van der Waals surface area (Å²) >= 11 is 0. The minimum Gasteiger partial charge on any atom is -0.385 e. The quantitative estimate of drug-likeness (QED) is 0.684. The predicted molar refractivity (Wildman–Crippen MR) is 112 cm³/mol. The molecule has 0 aliphatic carbocycles. The van der Waals surface area contributed by atoms with Crippen molar-refractivity contribution in [2.24, 2.45) is 5.92 Å². The zero-order chi connectivity index (χ0) is 19.0. The molecule has 2 heteroatoms. The number of hydrogen-bond donors (Lipinski definition) is 1. The molecule has 0 fully saturated rings. The molecule has 2 unspecified atom stereocenters. The van der Waals surface area contributed by atoms with E-state index >= 15 is 0 Å². The van der Waals surface area contributed by atoms with Gasteiger partial charge >= 0.3 is 0 Å². The molecule has 0 aromatic heterocycles. The zero-order valence-electron chi connectivity index (χ0n) is 16.7. The third-order valence-corrected chi connectivity index (χ3v) is 5.19. The molecule has 0 radical (unpaired) electrons. The highest BCUT2D eigenvalue weighted by molar-refractivity contribution is 5.54. The van der Waals surface area contributed by atoms with E-state index in [1.165, 1.54) is 5.56 Å². The smallest absolute Gasteiger partial charge is 0.0895 e. The van der Waals surface area contributed by atoms with Gasteiger partial charge in [-0.05, 0) is 57.0 Å². The Labute approximate surface area is 159 Å². The first-order valence-corrected chi connectivity index (χ1v) is 9.56. The lowest BCUT2D eigenvalue weighted by Crippen LogP contribution is -2.42. The third kappa shape index (κ3) is 5.82. The largest absolute Gasteiger partial charge is 0.385 e. The highest BCUT2D eigenvalue weighted by Crippen LogP contribution is 2.33. The van der Waals surface area contributed by atoms with Crippen LogP contribution in [0.1, 0.15) is 37.8 Å². The number of aliphatic hydroxyl groups is 1. The predicted octanol–water partition coefficient (Wildman–Crippen LogP) is 5.04. The normalized spacial score (nSPS) is 15.7. The molecule has 0 heterocycles. The fraction of sp³-hybridized carbons (Fsp3) is 0.417. The molecule has 0 aliphatic rings. The summed E-state index contributed by atoms with van der Waals surface area (Å²) in [6, 6.07) is 20.8. The number of benzene rings is 2. The van der Waals surface area contributed by atoms with E-state index in [0.717, 1.165) is 36.9 Å². The topological polar surface area (TPSA) is 23.5 Å². The summed E-state index contributed by atoms with van der Waals surface area (Å²) in [6.45, 7) is 5.09. The average molecular weight is 352 g/mol. The van der Waals surface area contributed by atoms with Crippen molar-refractivity contribution in [2.45, 2.75) is 38.7 Å². The third-order valence-electron chi connectivity index (χ3n) is 5.19. The number of hydrogen-bond acceptors (Lipinski definition) is 2. The Morgan fingerprint density at radius 3 is 2.19 bits per heavy atom. The second kappa shape index (κ2) is 9.70. The first-order valence-electron chi connectivity index (χ1n) is 9.56. The first-order chi connectivity index (χ1) is 12.4. The molecule has 26 heavy (non-hydrogen) atoms. The van der Waals surface area contributed by atoms with Crippen molar-refractivity contribution in [1.82, 2.24) is 4.90 Å². The van der Waals surface area contributed by atoms with Crippen molar-refractivity contribution in [1.29, 1.82) is 0 Å². The second-order valence-corrected chi connectivity index (χ2v) is 7.66. The maximum absolute atomic E-state index is 11.6. The van der Waals surface area contributed by atoms with Gasteiger partial charge in [-0.1, -0.05) is 73.7 Å². The Balaban J connectivity index is 2.16. The van der Waals surface area contributed by atoms with E-state index in [1.807, 2.05) is 24.3 Å². The van der Waals surface area contributed by atoms with Crippen LogP contribution in [-0.2, 0) is 6.42 Å². The molecule has 0 aliphatic heterocycles. The molecule has 2 atom stereocenters. The fourth-order valence-electron chi connectivity index (χ4n) is 3.66. The van der Waals surface area contributed by atoms with E-state index in [2.05, 4.69) is 75.3 Å². The van der Waals surface area contributed by atoms with Crippen LogP contribution in [0.3, 0.4) is 0 Å². The number of rotatable bonds is 9. The molecule has 2 rings (SSSR count). The van der Waals surface area contributed by atoms with Gasteiger partial charge in [-0.2, -0.15) is 0 Å². The van der Waals surface area contributed by atoms with Gasteiger partial charge in [0, 0.05) is 12.5 Å². The van der Waals surface area contributed by atoms with E-state index in [-0.39, 0.29) is 5.92 Å². The van der Waals surface area contributed by atoms with Gasteiger partial charge in [0.15, 0.2) is 0 Å². The fourth-order valence-corrected chi connectivity index (χ4v) is 3.66. The van der Waals surface area contributed by atoms with Gasteiger partial charge < -0.3 is 10.0 Å². The van der Waals surface area contributed by atoms with E-state index in [4.69, 9.17) is 0 Å². The van der Waals surface area contributed by atoms with E-state index in [1.54, 1.807) is 0 Å². The summed E-state index contributed by atoms with van der Waals surface area (Å²) in [7, 11) is 4.13. The van der Waals surface area contributed by atoms with Crippen LogP contribution < -0.4 is 0 Å². The van der Waals surface area contributed by atoms with Gasteiger partial charge in [0.05, 0.1) is 5.60 Å². The van der Waals surface area contributed by atoms with Crippen molar-refractivity contribution in [3.8, 4) is 0 Å². The summed E-state index contributed by atoms with van der Waals surface area (Å²) in [4.78, 5) is 2.16. The minimum atomic E-state index is -0.797. The molecular formula is C24H33NO. The average Bonchev–Trinajstić information content (AvgIpc) is 2.62. The van der Waals surface area contributed by atoms with Crippen LogP contribution in [0.4, 0.5) is 0 Å². The van der Waals surface area contributed by atoms with Gasteiger partial charge in [-0.25, -0.2) is 0 Å². The van der Waals surface area contributed by atoms with Crippen LogP contribution in [-0.4, -0.2) is 36.2 Å². The van der Waals surface area contributed by atoms with E-state index in [9.17, 15) is 5.11 Å². The number of nitrogens with zero attached hydrogens (tertiary/aromatic N) is 1. The summed E-state index contributed by atoms with van der Waals surface area (Å²) in [5.41, 5.74) is 2.73. The lowest BCUT2D eigenvalue weighted by Gasteiger charge is -2.37. The van der Waals surface area contributed by atoms with E-state index in [0.29, 0.717) is 0 Å². The van der Waals surface area contributed by atoms with E-state index < -0.39 is 5.60 Å². The molecule has 0 spiro atoms. The zero-order valence-corrected chi connectivity index (χ0v) is 16.7. The lowest BCUT2D eigenvalue weighted by molar-refractivity contribution is 0.00550. The van der Waals surface area contributed by atoms with Crippen LogP contribution in [0, 0.1) is 5.92 Å². The van der Waals surface area contributed by atoms with Crippen LogP contribution in [0.5, 0.6) is 0 Å². The molecule has 2 nitrogen and oxygen atoms in total. The van der Waals surface area contributed by atoms with Crippen molar-refractivity contribution in [2.75, 3.05) is 20.6 Å². The maximum atomic E-state index is 11.6. The SMILES string of the molecule is CC(=Cc1ccccc1)C(O)(CCCc1ccccc1)C(C)CN(C)C. The Bertz CT molecular complexity index is 678. The Hall–Kier alpha value is -1.90. The summed E-state index contributed by atoms with van der Waals surface area (Å²) < 4.78 is 0. The Morgan fingerprint density at radius 1 is 1.04 bits per heavy atom. The summed E-state index contributed by atoms with van der Waals surface area (Å²) in [5, 5.41) is 11.6. The van der Waals surface area contributed by atoms with Crippen molar-refractivity contribution in [3.05, 3.63) is 77.4 Å². The standard InChI is InChI=1S/C24H33NO/c1-20(18-23-14-9-6-10-15-23)24(26,21(2)19-25(3)4)17-11-16-22-12-7-5-8-13-22/h5-10,12-15,18,21,26H,11,16-17,19H2,1-4H3. The molecule has 2 aromatic carbocycles. The number of aryl methyl sites for hydroxylation is 1. The minimum absolute atomic E-state index is 0.160. The molecule has 140 valence electrons. The van der Waals surface area contributed by atoms with Gasteiger partial charge in [0.25, 0.3) is 0 Å². The molecule has 0 saturated heterocycles. The van der Waals surface area contributed by atoms with Gasteiger partial charge in [0.2, 0.25) is 0 Å². The molecule has 1 N–H and O–H groups in total. The van der Waals surface area contributed by atoms with Crippen molar-refractivity contribution in [3.63, 3.8) is 0 Å². The molecule has 2 aromatic rings. The van der Waals surface area contributed by atoms with Crippen molar-refractivity contribution >= 4 is 6.08 Å². The van der Waals surface area contributed by atoms with Crippen LogP contribution >= 0.6 is 0 Å². The maximum Gasteiger partial charge on any atom is 0.0895 e. The summed E-state index contributed by atoms with van der Waals surface area (Å²) in [5.74, 6) is 0.160.